The van der Waals surface area contributed by atoms with Crippen LogP contribution in [-0.4, -0.2) is 51.4 Å². The molecule has 0 saturated heterocycles. The highest BCUT2D eigenvalue weighted by Crippen LogP contribution is 2.28. The van der Waals surface area contributed by atoms with E-state index >= 15 is 0 Å². The first-order chi connectivity index (χ1) is 12.9. The van der Waals surface area contributed by atoms with Crippen molar-refractivity contribution in [1.29, 1.82) is 0 Å². The SMILES string of the molecule is CCc1ccccc1NC(=O)C[N+]1=C2C=CSC2C(=O)N(CC(C)C)C1=O. The summed E-state index contributed by atoms with van der Waals surface area (Å²) in [4.78, 5) is 39.5. The van der Waals surface area contributed by atoms with Gasteiger partial charge in [-0.25, -0.2) is 4.79 Å². The maximum atomic E-state index is 12.9. The maximum Gasteiger partial charge on any atom is 0.501 e. The predicted molar refractivity (Wildman–Crippen MR) is 107 cm³/mol. The Bertz CT molecular complexity index is 845. The van der Waals surface area contributed by atoms with Crippen molar-refractivity contribution in [2.75, 3.05) is 18.4 Å². The Morgan fingerprint density at radius 1 is 1.30 bits per heavy atom. The van der Waals surface area contributed by atoms with Crippen LogP contribution in [0.3, 0.4) is 0 Å². The van der Waals surface area contributed by atoms with Gasteiger partial charge >= 0.3 is 11.9 Å². The van der Waals surface area contributed by atoms with Gasteiger partial charge in [0.1, 0.15) is 5.71 Å². The van der Waals surface area contributed by atoms with Crippen LogP contribution in [0.5, 0.6) is 0 Å². The lowest BCUT2D eigenvalue weighted by Gasteiger charge is -2.25. The minimum absolute atomic E-state index is 0.116. The highest BCUT2D eigenvalue weighted by Gasteiger charge is 2.49. The summed E-state index contributed by atoms with van der Waals surface area (Å²) >= 11 is 1.37. The highest BCUT2D eigenvalue weighted by molar-refractivity contribution is 8.04. The van der Waals surface area contributed by atoms with Crippen molar-refractivity contribution in [3.63, 3.8) is 0 Å². The van der Waals surface area contributed by atoms with E-state index in [0.29, 0.717) is 12.3 Å². The summed E-state index contributed by atoms with van der Waals surface area (Å²) in [6.45, 7) is 6.17. The molecule has 2 aliphatic rings. The van der Waals surface area contributed by atoms with Gasteiger partial charge < -0.3 is 5.32 Å². The van der Waals surface area contributed by atoms with Crippen molar-refractivity contribution in [2.24, 2.45) is 5.92 Å². The number of aryl methyl sites for hydroxylation is 1. The lowest BCUT2D eigenvalue weighted by molar-refractivity contribution is -0.426. The molecular formula is C20H24N3O3S+. The number of allylic oxidation sites excluding steroid dienone is 1. The minimum atomic E-state index is -0.447. The summed E-state index contributed by atoms with van der Waals surface area (Å²) in [5, 5.41) is 4.26. The van der Waals surface area contributed by atoms with Gasteiger partial charge in [-0.1, -0.05) is 39.0 Å². The molecule has 1 aromatic rings. The van der Waals surface area contributed by atoms with Crippen LogP contribution >= 0.6 is 11.8 Å². The Morgan fingerprint density at radius 2 is 2.04 bits per heavy atom. The fourth-order valence-corrected chi connectivity index (χ4v) is 4.19. The number of hydrogen-bond acceptors (Lipinski definition) is 4. The number of anilines is 1. The van der Waals surface area contributed by atoms with Crippen LogP contribution in [0.15, 0.2) is 35.7 Å². The molecule has 3 rings (SSSR count). The molecule has 0 spiro atoms. The Labute approximate surface area is 163 Å². The Balaban J connectivity index is 1.84. The summed E-state index contributed by atoms with van der Waals surface area (Å²) in [6, 6.07) is 7.19. The first-order valence-electron chi connectivity index (χ1n) is 9.11. The second kappa shape index (κ2) is 8.08. The second-order valence-electron chi connectivity index (χ2n) is 7.01. The summed E-state index contributed by atoms with van der Waals surface area (Å²) in [5.41, 5.74) is 2.38. The van der Waals surface area contributed by atoms with Crippen LogP contribution in [0.4, 0.5) is 10.5 Å². The van der Waals surface area contributed by atoms with Gasteiger partial charge in [0.15, 0.2) is 11.8 Å². The number of imide groups is 1. The molecule has 0 fully saturated rings. The average molecular weight is 386 g/mol. The summed E-state index contributed by atoms with van der Waals surface area (Å²) in [5.74, 6) is -0.322. The van der Waals surface area contributed by atoms with E-state index in [2.05, 4.69) is 5.32 Å². The van der Waals surface area contributed by atoms with Gasteiger partial charge in [-0.05, 0) is 35.5 Å². The van der Waals surface area contributed by atoms with E-state index in [1.54, 1.807) is 11.5 Å². The zero-order valence-corrected chi connectivity index (χ0v) is 16.6. The van der Waals surface area contributed by atoms with Crippen LogP contribution < -0.4 is 5.32 Å². The number of carbonyl (C=O) groups excluding carboxylic acids is 3. The first kappa shape index (κ1) is 19.4. The Morgan fingerprint density at radius 3 is 2.74 bits per heavy atom. The lowest BCUT2D eigenvalue weighted by Crippen LogP contribution is -2.57. The largest absolute Gasteiger partial charge is 0.501 e. The minimum Gasteiger partial charge on any atom is -0.322 e. The molecule has 0 bridgehead atoms. The molecule has 27 heavy (non-hydrogen) atoms. The van der Waals surface area contributed by atoms with Crippen molar-refractivity contribution in [1.82, 2.24) is 4.90 Å². The first-order valence-corrected chi connectivity index (χ1v) is 10.1. The van der Waals surface area contributed by atoms with Gasteiger partial charge in [0.05, 0.1) is 6.54 Å². The molecule has 2 heterocycles. The van der Waals surface area contributed by atoms with E-state index in [9.17, 15) is 14.4 Å². The molecule has 1 unspecified atom stereocenters. The van der Waals surface area contributed by atoms with Crippen molar-refractivity contribution < 1.29 is 19.0 Å². The smallest absolute Gasteiger partial charge is 0.322 e. The number of hydrogen-bond donors (Lipinski definition) is 1. The topological polar surface area (TPSA) is 69.5 Å². The third-order valence-electron chi connectivity index (χ3n) is 4.51. The zero-order valence-electron chi connectivity index (χ0n) is 15.8. The average Bonchev–Trinajstić information content (AvgIpc) is 3.12. The van der Waals surface area contributed by atoms with Crippen LogP contribution in [-0.2, 0) is 16.0 Å². The molecule has 0 saturated carbocycles. The summed E-state index contributed by atoms with van der Waals surface area (Å²) in [6.07, 6.45) is 2.56. The quantitative estimate of drug-likeness (QED) is 0.764. The number of carbonyl (C=O) groups is 3. The molecule has 142 valence electrons. The van der Waals surface area contributed by atoms with Crippen LogP contribution in [0, 0.1) is 5.92 Å². The number of nitrogens with one attached hydrogen (secondary N) is 1. The fourth-order valence-electron chi connectivity index (χ4n) is 3.23. The van der Waals surface area contributed by atoms with E-state index in [-0.39, 0.29) is 24.3 Å². The van der Waals surface area contributed by atoms with Gasteiger partial charge in [-0.3, -0.25) is 4.79 Å². The monoisotopic (exact) mass is 386 g/mol. The second-order valence-corrected chi connectivity index (χ2v) is 8.03. The van der Waals surface area contributed by atoms with Crippen molar-refractivity contribution in [2.45, 2.75) is 32.4 Å². The van der Waals surface area contributed by atoms with Gasteiger partial charge in [-0.15, -0.1) is 11.8 Å². The van der Waals surface area contributed by atoms with Gasteiger partial charge in [0.25, 0.3) is 5.91 Å². The molecule has 1 atom stereocenters. The van der Waals surface area contributed by atoms with Crippen LogP contribution in [0.1, 0.15) is 26.3 Å². The van der Waals surface area contributed by atoms with Gasteiger partial charge in [0, 0.05) is 5.69 Å². The normalized spacial score (nSPS) is 19.1. The number of thioether (sulfide) groups is 1. The van der Waals surface area contributed by atoms with Gasteiger partial charge in [0.2, 0.25) is 0 Å². The molecular weight excluding hydrogens is 362 g/mol. The molecule has 0 radical (unpaired) electrons. The number of benzene rings is 1. The third-order valence-corrected chi connectivity index (χ3v) is 5.52. The standard InChI is InChI=1S/C20H23N3O3S/c1-4-14-7-5-6-8-15(14)21-17(24)12-22-16-9-10-27-18(16)19(25)23(20(22)26)11-13(2)3/h5-10,13,18H,4,11-12H2,1-3H3/p+1. The third kappa shape index (κ3) is 3.98. The van der Waals surface area contributed by atoms with E-state index in [1.807, 2.05) is 45.0 Å². The lowest BCUT2D eigenvalue weighted by atomic mass is 10.1. The van der Waals surface area contributed by atoms with Crippen LogP contribution in [0.25, 0.3) is 0 Å². The predicted octanol–water partition coefficient (Wildman–Crippen LogP) is 2.89. The highest BCUT2D eigenvalue weighted by atomic mass is 32.2. The fraction of sp³-hybridized carbons (Fsp3) is 0.400. The molecule has 0 aromatic heterocycles. The number of amides is 4. The van der Waals surface area contributed by atoms with Crippen molar-refractivity contribution >= 4 is 41.0 Å². The Kier molecular flexibility index (Phi) is 5.79. The summed E-state index contributed by atoms with van der Waals surface area (Å²) in [7, 11) is 0. The van der Waals surface area contributed by atoms with Crippen molar-refractivity contribution in [3.8, 4) is 0 Å². The zero-order chi connectivity index (χ0) is 19.6. The van der Waals surface area contributed by atoms with E-state index < -0.39 is 11.3 Å². The van der Waals surface area contributed by atoms with E-state index in [4.69, 9.17) is 0 Å². The molecule has 1 aromatic carbocycles. The molecule has 7 heteroatoms. The molecule has 6 nitrogen and oxygen atoms in total. The summed E-state index contributed by atoms with van der Waals surface area (Å²) < 4.78 is 1.43. The number of urea groups is 1. The Hall–Kier alpha value is -2.41. The molecule has 0 aliphatic carbocycles. The molecule has 2 aliphatic heterocycles. The van der Waals surface area contributed by atoms with Gasteiger partial charge in [-0.2, -0.15) is 14.3 Å². The molecule has 4 amide bonds. The number of rotatable bonds is 6. The number of nitrogens with zero attached hydrogens (tertiary/aromatic N) is 2. The van der Waals surface area contributed by atoms with E-state index in [0.717, 1.165) is 17.7 Å². The number of para-hydroxylation sites is 1. The van der Waals surface area contributed by atoms with Crippen molar-refractivity contribution in [3.05, 3.63) is 41.3 Å². The molecule has 1 N–H and O–H groups in total. The maximum absolute atomic E-state index is 12.9. The van der Waals surface area contributed by atoms with E-state index in [1.165, 1.54) is 21.2 Å². The van der Waals surface area contributed by atoms with Crippen LogP contribution in [0.2, 0.25) is 0 Å². The number of fused-ring (bicyclic) bond motifs is 1.